The molecule has 1 aromatic heterocycles. The van der Waals surface area contributed by atoms with Crippen molar-refractivity contribution >= 4 is 10.0 Å². The molecule has 0 amide bonds. The molecule has 0 saturated carbocycles. The molecule has 0 atom stereocenters. The maximum absolute atomic E-state index is 12.2. The van der Waals surface area contributed by atoms with Crippen LogP contribution in [-0.2, 0) is 15.8 Å². The Hall–Kier alpha value is -0.980. The highest BCUT2D eigenvalue weighted by molar-refractivity contribution is 7.88. The zero-order chi connectivity index (χ0) is 13.0. The second-order valence-electron chi connectivity index (χ2n) is 4.57. The Labute approximate surface area is 108 Å². The molecule has 2 heterocycles. The summed E-state index contributed by atoms with van der Waals surface area (Å²) >= 11 is 0. The van der Waals surface area contributed by atoms with Crippen LogP contribution in [0.3, 0.4) is 0 Å². The average molecular weight is 269 g/mol. The van der Waals surface area contributed by atoms with Gasteiger partial charge in [0.25, 0.3) is 0 Å². The maximum atomic E-state index is 12.2. The minimum Gasteiger partial charge on any atom is -0.317 e. The van der Waals surface area contributed by atoms with E-state index >= 15 is 0 Å². The van der Waals surface area contributed by atoms with Crippen LogP contribution in [0.5, 0.6) is 0 Å². The third-order valence-corrected chi connectivity index (χ3v) is 5.20. The molecular weight excluding hydrogens is 250 g/mol. The number of rotatable bonds is 4. The predicted octanol–water partition coefficient (Wildman–Crippen LogP) is 0.595. The first-order valence-corrected chi connectivity index (χ1v) is 7.77. The van der Waals surface area contributed by atoms with Gasteiger partial charge in [-0.3, -0.25) is 4.98 Å². The first-order valence-electron chi connectivity index (χ1n) is 6.16. The Morgan fingerprint density at radius 2 is 1.94 bits per heavy atom. The molecule has 100 valence electrons. The molecule has 0 aromatic carbocycles. The Kier molecular flexibility index (Phi) is 4.31. The van der Waals surface area contributed by atoms with Gasteiger partial charge in [-0.15, -0.1) is 0 Å². The van der Waals surface area contributed by atoms with Crippen molar-refractivity contribution in [2.75, 3.05) is 20.1 Å². The van der Waals surface area contributed by atoms with Crippen LogP contribution in [0.25, 0.3) is 0 Å². The molecule has 2 rings (SSSR count). The van der Waals surface area contributed by atoms with Crippen LogP contribution in [-0.4, -0.2) is 43.9 Å². The molecule has 0 spiro atoms. The van der Waals surface area contributed by atoms with Gasteiger partial charge in [-0.2, -0.15) is 0 Å². The Morgan fingerprint density at radius 3 is 2.50 bits per heavy atom. The van der Waals surface area contributed by atoms with Crippen LogP contribution < -0.4 is 5.32 Å². The van der Waals surface area contributed by atoms with Gasteiger partial charge in [0.15, 0.2) is 0 Å². The molecule has 6 heteroatoms. The smallest absolute Gasteiger partial charge is 0.218 e. The predicted molar refractivity (Wildman–Crippen MR) is 70.5 cm³/mol. The molecule has 1 fully saturated rings. The molecule has 1 N–H and O–H groups in total. The van der Waals surface area contributed by atoms with Crippen molar-refractivity contribution in [1.29, 1.82) is 0 Å². The Balaban J connectivity index is 2.00. The number of piperidine rings is 1. The summed E-state index contributed by atoms with van der Waals surface area (Å²) in [5.41, 5.74) is 0.792. The van der Waals surface area contributed by atoms with Crippen LogP contribution in [0, 0.1) is 0 Å². The van der Waals surface area contributed by atoms with Crippen molar-refractivity contribution in [3.05, 3.63) is 30.1 Å². The summed E-state index contributed by atoms with van der Waals surface area (Å²) < 4.78 is 26.1. The van der Waals surface area contributed by atoms with Gasteiger partial charge in [0, 0.05) is 31.5 Å². The molecule has 1 aliphatic rings. The first-order chi connectivity index (χ1) is 8.62. The fourth-order valence-electron chi connectivity index (χ4n) is 2.20. The number of hydrogen-bond acceptors (Lipinski definition) is 4. The van der Waals surface area contributed by atoms with Gasteiger partial charge in [0.2, 0.25) is 10.0 Å². The van der Waals surface area contributed by atoms with Gasteiger partial charge in [-0.1, -0.05) is 0 Å². The summed E-state index contributed by atoms with van der Waals surface area (Å²) in [6.45, 7) is 1.22. The van der Waals surface area contributed by atoms with Crippen molar-refractivity contribution in [2.45, 2.75) is 24.6 Å². The molecule has 1 aliphatic heterocycles. The summed E-state index contributed by atoms with van der Waals surface area (Å²) in [5, 5.41) is 3.20. The van der Waals surface area contributed by atoms with Crippen molar-refractivity contribution in [3.63, 3.8) is 0 Å². The van der Waals surface area contributed by atoms with Crippen LogP contribution in [0.2, 0.25) is 0 Å². The number of nitrogens with zero attached hydrogens (tertiary/aromatic N) is 2. The highest BCUT2D eigenvalue weighted by Gasteiger charge is 2.27. The van der Waals surface area contributed by atoms with Gasteiger partial charge in [0.05, 0.1) is 5.75 Å². The lowest BCUT2D eigenvalue weighted by atomic mass is 10.1. The van der Waals surface area contributed by atoms with Gasteiger partial charge in [0.1, 0.15) is 0 Å². The van der Waals surface area contributed by atoms with E-state index in [1.165, 1.54) is 0 Å². The third-order valence-electron chi connectivity index (χ3n) is 3.35. The van der Waals surface area contributed by atoms with E-state index in [9.17, 15) is 8.42 Å². The summed E-state index contributed by atoms with van der Waals surface area (Å²) in [5.74, 6) is 0.0692. The van der Waals surface area contributed by atoms with Gasteiger partial charge >= 0.3 is 0 Å². The third kappa shape index (κ3) is 3.28. The number of nitrogens with one attached hydrogen (secondary N) is 1. The molecular formula is C12H19N3O2S. The quantitative estimate of drug-likeness (QED) is 0.869. The first kappa shape index (κ1) is 13.5. The van der Waals surface area contributed by atoms with E-state index in [1.807, 2.05) is 7.05 Å². The fraction of sp³-hybridized carbons (Fsp3) is 0.583. The molecule has 0 aliphatic carbocycles. The number of hydrogen-bond donors (Lipinski definition) is 1. The fourth-order valence-corrected chi connectivity index (χ4v) is 3.77. The standard InChI is InChI=1S/C12H19N3O2S/c1-13-12-4-8-15(9-5-12)18(16,17)10-11-2-6-14-7-3-11/h2-3,6-7,12-13H,4-5,8-10H2,1H3. The van der Waals surface area contributed by atoms with E-state index in [0.717, 1.165) is 18.4 Å². The summed E-state index contributed by atoms with van der Waals surface area (Å²) in [6.07, 6.45) is 5.01. The topological polar surface area (TPSA) is 62.3 Å². The molecule has 0 bridgehead atoms. The largest absolute Gasteiger partial charge is 0.317 e. The van der Waals surface area contributed by atoms with Gasteiger partial charge < -0.3 is 5.32 Å². The average Bonchev–Trinajstić information content (AvgIpc) is 2.39. The summed E-state index contributed by atoms with van der Waals surface area (Å²) in [6, 6.07) is 3.94. The van der Waals surface area contributed by atoms with Crippen LogP contribution in [0.15, 0.2) is 24.5 Å². The van der Waals surface area contributed by atoms with Crippen LogP contribution >= 0.6 is 0 Å². The molecule has 18 heavy (non-hydrogen) atoms. The van der Waals surface area contributed by atoms with E-state index in [2.05, 4.69) is 10.3 Å². The normalized spacial score (nSPS) is 18.9. The van der Waals surface area contributed by atoms with Crippen LogP contribution in [0.1, 0.15) is 18.4 Å². The summed E-state index contributed by atoms with van der Waals surface area (Å²) in [4.78, 5) is 3.89. The van der Waals surface area contributed by atoms with E-state index in [1.54, 1.807) is 28.8 Å². The van der Waals surface area contributed by atoms with E-state index in [0.29, 0.717) is 19.1 Å². The molecule has 5 nitrogen and oxygen atoms in total. The lowest BCUT2D eigenvalue weighted by molar-refractivity contribution is 0.298. The Bertz CT molecular complexity index is 467. The minimum atomic E-state index is -3.19. The van der Waals surface area contributed by atoms with Crippen molar-refractivity contribution in [2.24, 2.45) is 0 Å². The van der Waals surface area contributed by atoms with Crippen molar-refractivity contribution in [3.8, 4) is 0 Å². The maximum Gasteiger partial charge on any atom is 0.218 e. The van der Waals surface area contributed by atoms with Crippen molar-refractivity contribution in [1.82, 2.24) is 14.6 Å². The second kappa shape index (κ2) is 5.77. The zero-order valence-corrected chi connectivity index (χ0v) is 11.4. The monoisotopic (exact) mass is 269 g/mol. The number of sulfonamides is 1. The molecule has 1 aromatic rings. The van der Waals surface area contributed by atoms with E-state index in [4.69, 9.17) is 0 Å². The number of pyridine rings is 1. The zero-order valence-electron chi connectivity index (χ0n) is 10.5. The van der Waals surface area contributed by atoms with E-state index < -0.39 is 10.0 Å². The SMILES string of the molecule is CNC1CCN(S(=O)(=O)Cc2ccncc2)CC1. The lowest BCUT2D eigenvalue weighted by Crippen LogP contribution is -2.44. The van der Waals surface area contributed by atoms with E-state index in [-0.39, 0.29) is 5.75 Å². The molecule has 0 unspecified atom stereocenters. The minimum absolute atomic E-state index is 0.0692. The molecule has 1 saturated heterocycles. The van der Waals surface area contributed by atoms with Gasteiger partial charge in [-0.05, 0) is 37.6 Å². The number of aromatic nitrogens is 1. The lowest BCUT2D eigenvalue weighted by Gasteiger charge is -2.31. The van der Waals surface area contributed by atoms with Crippen LogP contribution in [0.4, 0.5) is 0 Å². The van der Waals surface area contributed by atoms with Gasteiger partial charge in [-0.25, -0.2) is 12.7 Å². The highest BCUT2D eigenvalue weighted by atomic mass is 32.2. The van der Waals surface area contributed by atoms with Crippen molar-refractivity contribution < 1.29 is 8.42 Å². The molecule has 0 radical (unpaired) electrons. The summed E-state index contributed by atoms with van der Waals surface area (Å²) in [7, 11) is -1.27. The Morgan fingerprint density at radius 1 is 1.33 bits per heavy atom. The second-order valence-corrected chi connectivity index (χ2v) is 6.54. The highest BCUT2D eigenvalue weighted by Crippen LogP contribution is 2.17.